The lowest BCUT2D eigenvalue weighted by Gasteiger charge is -2.06. The molecule has 0 unspecified atom stereocenters. The van der Waals surface area contributed by atoms with E-state index in [0.717, 1.165) is 0 Å². The summed E-state index contributed by atoms with van der Waals surface area (Å²) in [6.45, 7) is 2.02. The summed E-state index contributed by atoms with van der Waals surface area (Å²) in [4.78, 5) is 0. The minimum absolute atomic E-state index is 0. The summed E-state index contributed by atoms with van der Waals surface area (Å²) in [6.07, 6.45) is 2.19. The van der Waals surface area contributed by atoms with Gasteiger partial charge in [0.25, 0.3) is 0 Å². The van der Waals surface area contributed by atoms with Crippen LogP contribution < -0.4 is 5.73 Å². The van der Waals surface area contributed by atoms with E-state index in [1.165, 1.54) is 27.6 Å². The Labute approximate surface area is 125 Å². The molecule has 0 aliphatic carbocycles. The smallest absolute Gasteiger partial charge is 0.0487 e. The van der Waals surface area contributed by atoms with E-state index in [1.807, 2.05) is 13.0 Å². The van der Waals surface area contributed by atoms with Gasteiger partial charge >= 0.3 is 0 Å². The van der Waals surface area contributed by atoms with E-state index in [0.29, 0.717) is 0 Å². The van der Waals surface area contributed by atoms with Crippen LogP contribution in [0, 0.1) is 0 Å². The molecular formula is C17H19ClN2. The third-order valence-corrected chi connectivity index (χ3v) is 3.63. The van der Waals surface area contributed by atoms with Gasteiger partial charge in [-0.2, -0.15) is 0 Å². The SMILES string of the molecule is C[C@H](N)c1ccc2c(-c3ccccc3)cn(C)c2c1.Cl. The van der Waals surface area contributed by atoms with Gasteiger partial charge in [0.05, 0.1) is 0 Å². The maximum Gasteiger partial charge on any atom is 0.0487 e. The first-order valence-electron chi connectivity index (χ1n) is 6.57. The monoisotopic (exact) mass is 286 g/mol. The van der Waals surface area contributed by atoms with E-state index in [2.05, 4.69) is 60.3 Å². The van der Waals surface area contributed by atoms with Gasteiger partial charge < -0.3 is 10.3 Å². The Morgan fingerprint density at radius 2 is 1.75 bits per heavy atom. The predicted octanol–water partition coefficient (Wildman–Crippen LogP) is 4.29. The van der Waals surface area contributed by atoms with Crippen molar-refractivity contribution in [1.29, 1.82) is 0 Å². The molecule has 0 bridgehead atoms. The maximum atomic E-state index is 5.96. The zero-order valence-electron chi connectivity index (χ0n) is 11.7. The van der Waals surface area contributed by atoms with E-state index in [1.54, 1.807) is 0 Å². The number of nitrogens with two attached hydrogens (primary N) is 1. The fraction of sp³-hybridized carbons (Fsp3) is 0.176. The lowest BCUT2D eigenvalue weighted by atomic mass is 10.0. The quantitative estimate of drug-likeness (QED) is 0.749. The van der Waals surface area contributed by atoms with Crippen molar-refractivity contribution in [3.05, 3.63) is 60.3 Å². The molecule has 2 nitrogen and oxygen atoms in total. The molecular weight excluding hydrogens is 268 g/mol. The van der Waals surface area contributed by atoms with E-state index < -0.39 is 0 Å². The van der Waals surface area contributed by atoms with Gasteiger partial charge in [-0.3, -0.25) is 0 Å². The molecule has 20 heavy (non-hydrogen) atoms. The molecule has 1 heterocycles. The molecule has 3 aromatic rings. The van der Waals surface area contributed by atoms with E-state index >= 15 is 0 Å². The van der Waals surface area contributed by atoms with Gasteiger partial charge in [0.15, 0.2) is 0 Å². The van der Waals surface area contributed by atoms with Crippen LogP contribution in [0.4, 0.5) is 0 Å². The van der Waals surface area contributed by atoms with E-state index in [-0.39, 0.29) is 18.4 Å². The van der Waals surface area contributed by atoms with Gasteiger partial charge in [0.1, 0.15) is 0 Å². The van der Waals surface area contributed by atoms with Crippen LogP contribution in [-0.4, -0.2) is 4.57 Å². The average Bonchev–Trinajstić information content (AvgIpc) is 2.77. The van der Waals surface area contributed by atoms with Crippen LogP contribution in [0.3, 0.4) is 0 Å². The van der Waals surface area contributed by atoms with Crippen LogP contribution in [0.1, 0.15) is 18.5 Å². The highest BCUT2D eigenvalue weighted by Crippen LogP contribution is 2.31. The number of halogens is 1. The van der Waals surface area contributed by atoms with Gasteiger partial charge in [0.2, 0.25) is 0 Å². The van der Waals surface area contributed by atoms with Crippen molar-refractivity contribution in [2.45, 2.75) is 13.0 Å². The topological polar surface area (TPSA) is 30.9 Å². The van der Waals surface area contributed by atoms with Crippen molar-refractivity contribution in [1.82, 2.24) is 4.57 Å². The molecule has 0 amide bonds. The second-order valence-electron chi connectivity index (χ2n) is 5.08. The molecule has 0 aliphatic heterocycles. The van der Waals surface area contributed by atoms with E-state index in [4.69, 9.17) is 5.73 Å². The van der Waals surface area contributed by atoms with Crippen LogP contribution in [0.25, 0.3) is 22.0 Å². The van der Waals surface area contributed by atoms with Crippen LogP contribution >= 0.6 is 12.4 Å². The van der Waals surface area contributed by atoms with Crippen molar-refractivity contribution in [3.8, 4) is 11.1 Å². The maximum absolute atomic E-state index is 5.96. The Bertz CT molecular complexity index is 714. The normalized spacial score (nSPS) is 12.2. The van der Waals surface area contributed by atoms with E-state index in [9.17, 15) is 0 Å². The van der Waals surface area contributed by atoms with Gasteiger partial charge in [-0.25, -0.2) is 0 Å². The molecule has 3 heteroatoms. The third-order valence-electron chi connectivity index (χ3n) is 3.63. The lowest BCUT2D eigenvalue weighted by molar-refractivity contribution is 0.818. The largest absolute Gasteiger partial charge is 0.350 e. The van der Waals surface area contributed by atoms with Gasteiger partial charge in [-0.1, -0.05) is 42.5 Å². The first-order chi connectivity index (χ1) is 9.16. The highest BCUT2D eigenvalue weighted by molar-refractivity contribution is 5.96. The van der Waals surface area contributed by atoms with Gasteiger partial charge in [-0.15, -0.1) is 12.4 Å². The first kappa shape index (κ1) is 14.6. The highest BCUT2D eigenvalue weighted by atomic mass is 35.5. The molecule has 0 fully saturated rings. The van der Waals surface area contributed by atoms with Crippen LogP contribution in [0.2, 0.25) is 0 Å². The molecule has 104 valence electrons. The first-order valence-corrected chi connectivity index (χ1v) is 6.57. The number of rotatable bonds is 2. The Balaban J connectivity index is 0.00000147. The Morgan fingerprint density at radius 1 is 1.05 bits per heavy atom. The summed E-state index contributed by atoms with van der Waals surface area (Å²) in [5.41, 5.74) is 10.9. The molecule has 0 saturated carbocycles. The number of hydrogen-bond donors (Lipinski definition) is 1. The zero-order chi connectivity index (χ0) is 13.4. The average molecular weight is 287 g/mol. The third kappa shape index (κ3) is 2.45. The minimum atomic E-state index is 0. The summed E-state index contributed by atoms with van der Waals surface area (Å²) in [5.74, 6) is 0. The molecule has 1 atom stereocenters. The zero-order valence-corrected chi connectivity index (χ0v) is 12.5. The molecule has 3 rings (SSSR count). The molecule has 0 saturated heterocycles. The number of aromatic nitrogens is 1. The van der Waals surface area contributed by atoms with Gasteiger partial charge in [0, 0.05) is 35.8 Å². The summed E-state index contributed by atoms with van der Waals surface area (Å²) >= 11 is 0. The fourth-order valence-electron chi connectivity index (χ4n) is 2.53. The number of nitrogens with zero attached hydrogens (tertiary/aromatic N) is 1. The molecule has 2 N–H and O–H groups in total. The van der Waals surface area contributed by atoms with Crippen molar-refractivity contribution < 1.29 is 0 Å². The summed E-state index contributed by atoms with van der Waals surface area (Å²) in [6, 6.07) is 17.0. The van der Waals surface area contributed by atoms with Crippen molar-refractivity contribution in [2.75, 3.05) is 0 Å². The second kappa shape index (κ2) is 5.70. The van der Waals surface area contributed by atoms with Crippen molar-refractivity contribution >= 4 is 23.3 Å². The van der Waals surface area contributed by atoms with Crippen LogP contribution in [0.15, 0.2) is 54.7 Å². The highest BCUT2D eigenvalue weighted by Gasteiger charge is 2.10. The van der Waals surface area contributed by atoms with Gasteiger partial charge in [-0.05, 0) is 24.1 Å². The minimum Gasteiger partial charge on any atom is -0.350 e. The fourth-order valence-corrected chi connectivity index (χ4v) is 2.53. The summed E-state index contributed by atoms with van der Waals surface area (Å²) in [7, 11) is 2.08. The Morgan fingerprint density at radius 3 is 2.40 bits per heavy atom. The number of aryl methyl sites for hydroxylation is 1. The molecule has 0 radical (unpaired) electrons. The molecule has 0 spiro atoms. The predicted molar refractivity (Wildman–Crippen MR) is 88.2 cm³/mol. The van der Waals surface area contributed by atoms with Crippen molar-refractivity contribution in [2.24, 2.45) is 12.8 Å². The second-order valence-corrected chi connectivity index (χ2v) is 5.08. The van der Waals surface area contributed by atoms with Crippen molar-refractivity contribution in [3.63, 3.8) is 0 Å². The van der Waals surface area contributed by atoms with Crippen LogP contribution in [0.5, 0.6) is 0 Å². The number of fused-ring (bicyclic) bond motifs is 1. The lowest BCUT2D eigenvalue weighted by Crippen LogP contribution is -2.04. The Kier molecular flexibility index (Phi) is 4.17. The Hall–Kier alpha value is -1.77. The summed E-state index contributed by atoms with van der Waals surface area (Å²) in [5, 5.41) is 1.28. The standard InChI is InChI=1S/C17H18N2.ClH/c1-12(18)14-8-9-15-16(11-19(2)17(15)10-14)13-6-4-3-5-7-13;/h3-12H,18H2,1-2H3;1H/t12-;/m0./s1. The van der Waals surface area contributed by atoms with Crippen LogP contribution in [-0.2, 0) is 7.05 Å². The molecule has 1 aromatic heterocycles. The molecule has 2 aromatic carbocycles. The summed E-state index contributed by atoms with van der Waals surface area (Å²) < 4.78 is 2.17. The number of hydrogen-bond acceptors (Lipinski definition) is 1. The number of benzene rings is 2. The molecule has 0 aliphatic rings.